The van der Waals surface area contributed by atoms with Gasteiger partial charge < -0.3 is 23.4 Å². The molecule has 10 heteroatoms. The molecule has 4 rings (SSSR count). The van der Waals surface area contributed by atoms with E-state index in [0.29, 0.717) is 11.5 Å². The van der Waals surface area contributed by atoms with Crippen LogP contribution in [0.25, 0.3) is 0 Å². The number of carbonyl (C=O) groups is 2. The van der Waals surface area contributed by atoms with Gasteiger partial charge in [-0.05, 0) is 26.7 Å². The largest absolute Gasteiger partial charge is 0.519 e. The summed E-state index contributed by atoms with van der Waals surface area (Å²) in [6.07, 6.45) is 0.548. The number of esters is 1. The third-order valence-electron chi connectivity index (χ3n) is 4.91. The lowest BCUT2D eigenvalue weighted by Crippen LogP contribution is -2.60. The van der Waals surface area contributed by atoms with Gasteiger partial charge in [-0.15, -0.1) is 0 Å². The maximum atomic E-state index is 12.8. The van der Waals surface area contributed by atoms with Crippen molar-refractivity contribution in [2.75, 3.05) is 6.61 Å². The lowest BCUT2D eigenvalue weighted by molar-refractivity contribution is -0.158. The van der Waals surface area contributed by atoms with Crippen molar-refractivity contribution in [3.63, 3.8) is 0 Å². The van der Waals surface area contributed by atoms with E-state index in [1.807, 2.05) is 0 Å². The maximum absolute atomic E-state index is 12.8. The van der Waals surface area contributed by atoms with Crippen LogP contribution in [-0.2, 0) is 25.7 Å². The highest BCUT2D eigenvalue weighted by molar-refractivity contribution is 8.04. The molecular formula is C17H19NO8S. The fraction of sp³-hybridized carbons (Fsp3) is 0.588. The lowest BCUT2D eigenvalue weighted by atomic mass is 9.92. The van der Waals surface area contributed by atoms with Gasteiger partial charge in [0.25, 0.3) is 0 Å². The van der Waals surface area contributed by atoms with E-state index in [-0.39, 0.29) is 41.2 Å². The van der Waals surface area contributed by atoms with Gasteiger partial charge in [0.15, 0.2) is 18.1 Å². The van der Waals surface area contributed by atoms with Gasteiger partial charge in [0, 0.05) is 11.5 Å². The van der Waals surface area contributed by atoms with Gasteiger partial charge >= 0.3 is 11.8 Å². The molecule has 0 radical (unpaired) electrons. The molecule has 1 aromatic rings. The van der Waals surface area contributed by atoms with Gasteiger partial charge in [0.2, 0.25) is 5.91 Å². The van der Waals surface area contributed by atoms with Crippen molar-refractivity contribution in [2.45, 2.75) is 50.9 Å². The van der Waals surface area contributed by atoms with Gasteiger partial charge in [0.05, 0.1) is 18.1 Å². The molecular weight excluding hydrogens is 378 g/mol. The number of aliphatic hydroxyl groups excluding tert-OH is 1. The highest BCUT2D eigenvalue weighted by Crippen LogP contribution is 2.52. The number of carbonyl (C=O) groups excluding carboxylic acids is 2. The van der Waals surface area contributed by atoms with E-state index < -0.39 is 23.8 Å². The van der Waals surface area contributed by atoms with E-state index in [0.717, 1.165) is 12.8 Å². The second kappa shape index (κ2) is 6.84. The molecule has 2 saturated heterocycles. The molecule has 0 spiro atoms. The number of amides is 1. The van der Waals surface area contributed by atoms with E-state index >= 15 is 0 Å². The van der Waals surface area contributed by atoms with Crippen molar-refractivity contribution >= 4 is 23.6 Å². The number of aryl methyl sites for hydroxylation is 1. The van der Waals surface area contributed by atoms with Crippen LogP contribution < -0.4 is 5.82 Å². The molecule has 3 aliphatic heterocycles. The Labute approximate surface area is 158 Å². The van der Waals surface area contributed by atoms with Gasteiger partial charge in [0.1, 0.15) is 11.1 Å². The molecule has 146 valence electrons. The molecule has 1 N–H and O–H groups in total. The Morgan fingerprint density at radius 3 is 2.78 bits per heavy atom. The van der Waals surface area contributed by atoms with Crippen molar-refractivity contribution in [2.24, 2.45) is 5.92 Å². The summed E-state index contributed by atoms with van der Waals surface area (Å²) < 4.78 is 20.5. The van der Waals surface area contributed by atoms with Gasteiger partial charge in [-0.1, -0.05) is 11.8 Å². The topological polar surface area (TPSA) is 119 Å². The number of fused-ring (bicyclic) bond motifs is 1. The number of hydrogen-bond donors (Lipinski definition) is 1. The standard InChI is InChI=1S/C17H19NO8S/c1-7(19)11-14(20)18-12(13(27-15(11)18)9-4-3-5-23-9)16(21)24-6-10-8(2)25-17(22)26-10/h7,9,11,15,19H,3-6H2,1-2H3/t7-,9-,11+,15+/m1/s1. The van der Waals surface area contributed by atoms with Crippen LogP contribution in [0, 0.1) is 12.8 Å². The molecule has 9 nitrogen and oxygen atoms in total. The Balaban J connectivity index is 1.57. The molecule has 0 saturated carbocycles. The summed E-state index contributed by atoms with van der Waals surface area (Å²) in [5.74, 6) is -2.09. The SMILES string of the molecule is Cc1oc(=O)oc1COC(=O)C1=C([C@H]2CCCO2)S[C@H]2[C@@H]([C@@H](C)O)C(=O)N12. The first-order valence-electron chi connectivity index (χ1n) is 8.68. The first-order valence-corrected chi connectivity index (χ1v) is 9.56. The Morgan fingerprint density at radius 2 is 2.19 bits per heavy atom. The van der Waals surface area contributed by atoms with Crippen LogP contribution in [0.3, 0.4) is 0 Å². The monoisotopic (exact) mass is 397 g/mol. The minimum Gasteiger partial charge on any atom is -0.453 e. The molecule has 1 amide bonds. The third kappa shape index (κ3) is 3.01. The zero-order valence-corrected chi connectivity index (χ0v) is 15.6. The summed E-state index contributed by atoms with van der Waals surface area (Å²) in [5, 5.41) is 9.53. The van der Waals surface area contributed by atoms with Gasteiger partial charge in [-0.3, -0.25) is 9.69 Å². The summed E-state index contributed by atoms with van der Waals surface area (Å²) in [6, 6.07) is 0. The fourth-order valence-electron chi connectivity index (χ4n) is 3.52. The minimum atomic E-state index is -0.869. The molecule has 1 aromatic heterocycles. The Morgan fingerprint density at radius 1 is 1.41 bits per heavy atom. The average Bonchev–Trinajstić information content (AvgIpc) is 3.29. The number of rotatable bonds is 5. The maximum Gasteiger partial charge on any atom is 0.519 e. The third-order valence-corrected chi connectivity index (χ3v) is 6.37. The van der Waals surface area contributed by atoms with Crippen molar-refractivity contribution in [3.05, 3.63) is 32.7 Å². The van der Waals surface area contributed by atoms with Gasteiger partial charge in [-0.2, -0.15) is 0 Å². The number of nitrogens with zero attached hydrogens (tertiary/aromatic N) is 1. The predicted molar refractivity (Wildman–Crippen MR) is 91.2 cm³/mol. The second-order valence-electron chi connectivity index (χ2n) is 6.71. The van der Waals surface area contributed by atoms with E-state index in [4.69, 9.17) is 18.3 Å². The number of hydrogen-bond acceptors (Lipinski definition) is 9. The smallest absolute Gasteiger partial charge is 0.453 e. The van der Waals surface area contributed by atoms with E-state index in [1.165, 1.54) is 23.6 Å². The molecule has 0 aromatic carbocycles. The van der Waals surface area contributed by atoms with Crippen molar-refractivity contribution in [1.29, 1.82) is 0 Å². The zero-order chi connectivity index (χ0) is 19.3. The van der Waals surface area contributed by atoms with Crippen molar-refractivity contribution in [1.82, 2.24) is 4.90 Å². The molecule has 4 atom stereocenters. The van der Waals surface area contributed by atoms with Crippen LogP contribution in [0.1, 0.15) is 31.3 Å². The summed E-state index contributed by atoms with van der Waals surface area (Å²) in [5.41, 5.74) is 0.155. The predicted octanol–water partition coefficient (Wildman–Crippen LogP) is 0.887. The number of β-lactam (4-membered cyclic amide) rings is 1. The van der Waals surface area contributed by atoms with Crippen LogP contribution in [0.15, 0.2) is 24.2 Å². The highest BCUT2D eigenvalue weighted by atomic mass is 32.2. The van der Waals surface area contributed by atoms with Crippen LogP contribution in [0.5, 0.6) is 0 Å². The summed E-state index contributed by atoms with van der Waals surface area (Å²) in [7, 11) is 0. The fourth-order valence-corrected chi connectivity index (χ4v) is 5.21. The van der Waals surface area contributed by atoms with Crippen molar-refractivity contribution < 1.29 is 33.0 Å². The number of ether oxygens (including phenoxy) is 2. The first kappa shape index (κ1) is 18.3. The summed E-state index contributed by atoms with van der Waals surface area (Å²) in [4.78, 5) is 38.4. The molecule has 4 heterocycles. The highest BCUT2D eigenvalue weighted by Gasteiger charge is 2.58. The van der Waals surface area contributed by atoms with Crippen LogP contribution in [0.2, 0.25) is 0 Å². The first-order chi connectivity index (χ1) is 12.9. The van der Waals surface area contributed by atoms with Crippen LogP contribution in [0.4, 0.5) is 0 Å². The Bertz CT molecular complexity index is 863. The second-order valence-corrected chi connectivity index (χ2v) is 7.87. The van der Waals surface area contributed by atoms with E-state index in [2.05, 4.69) is 0 Å². The molecule has 0 unspecified atom stereocenters. The number of thioether (sulfide) groups is 1. The normalized spacial score (nSPS) is 28.3. The quantitative estimate of drug-likeness (QED) is 0.570. The van der Waals surface area contributed by atoms with Crippen LogP contribution in [-0.4, -0.2) is 46.1 Å². The molecule has 3 aliphatic rings. The van der Waals surface area contributed by atoms with E-state index in [1.54, 1.807) is 6.92 Å². The molecule has 0 bridgehead atoms. The summed E-state index contributed by atoms with van der Waals surface area (Å²) >= 11 is 1.37. The molecule has 0 aliphatic carbocycles. The number of aliphatic hydroxyl groups is 1. The Hall–Kier alpha value is -2.04. The van der Waals surface area contributed by atoms with Crippen molar-refractivity contribution in [3.8, 4) is 0 Å². The zero-order valence-electron chi connectivity index (χ0n) is 14.8. The summed E-state index contributed by atoms with van der Waals surface area (Å²) in [6.45, 7) is 3.40. The minimum absolute atomic E-state index is 0.117. The molecule has 2 fully saturated rings. The van der Waals surface area contributed by atoms with Crippen LogP contribution >= 0.6 is 11.8 Å². The lowest BCUT2D eigenvalue weighted by Gasteiger charge is -2.43. The Kier molecular flexibility index (Phi) is 4.65. The van der Waals surface area contributed by atoms with Gasteiger partial charge in [-0.25, -0.2) is 9.59 Å². The average molecular weight is 397 g/mol. The van der Waals surface area contributed by atoms with E-state index in [9.17, 15) is 19.5 Å². The molecule has 27 heavy (non-hydrogen) atoms.